The van der Waals surface area contributed by atoms with Gasteiger partial charge in [0.05, 0.1) is 36.9 Å². The molecule has 11 heteroatoms. The largest absolute Gasteiger partial charge is 0.493 e. The van der Waals surface area contributed by atoms with Crippen LogP contribution in [0.4, 0.5) is 5.82 Å². The molecule has 0 saturated carbocycles. The maximum absolute atomic E-state index is 11.6. The third kappa shape index (κ3) is 5.54. The number of allylic oxidation sites excluding steroid dienone is 1. The van der Waals surface area contributed by atoms with E-state index >= 15 is 0 Å². The summed E-state index contributed by atoms with van der Waals surface area (Å²) in [5, 5.41) is 32.4. The number of ether oxygens (including phenoxy) is 3. The first-order valence-corrected chi connectivity index (χ1v) is 9.84. The van der Waals surface area contributed by atoms with E-state index in [0.29, 0.717) is 21.5 Å². The number of hydrogen-bond donors (Lipinski definition) is 2. The van der Waals surface area contributed by atoms with Gasteiger partial charge in [0.25, 0.3) is 0 Å². The summed E-state index contributed by atoms with van der Waals surface area (Å²) in [6.45, 7) is 1.50. The smallest absolute Gasteiger partial charge is 0.344 e. The summed E-state index contributed by atoms with van der Waals surface area (Å²) in [6, 6.07) is 7.21. The molecule has 0 aliphatic rings. The van der Waals surface area contributed by atoms with E-state index in [4.69, 9.17) is 25.1 Å². The van der Waals surface area contributed by atoms with Gasteiger partial charge in [-0.3, -0.25) is 0 Å². The number of benzene rings is 1. The van der Waals surface area contributed by atoms with Crippen molar-refractivity contribution < 1.29 is 24.1 Å². The number of carbonyl (C=O) groups excluding carboxylic acids is 1. The number of methoxy groups -OCH3 is 1. The third-order valence-electron chi connectivity index (χ3n) is 3.99. The molecule has 1 aromatic heterocycles. The lowest BCUT2D eigenvalue weighted by molar-refractivity contribution is -0.145. The predicted octanol–water partition coefficient (Wildman–Crippen LogP) is 2.11. The van der Waals surface area contributed by atoms with Crippen LogP contribution in [0, 0.1) is 22.7 Å². The first-order valence-electron chi connectivity index (χ1n) is 9.05. The quantitative estimate of drug-likeness (QED) is 0.397. The van der Waals surface area contributed by atoms with Crippen LogP contribution in [0.3, 0.4) is 0 Å². The first-order chi connectivity index (χ1) is 14.9. The number of aromatic nitrogens is 2. The van der Waals surface area contributed by atoms with E-state index in [-0.39, 0.29) is 49.0 Å². The lowest BCUT2D eigenvalue weighted by atomic mass is 10.1. The topological polar surface area (TPSA) is 156 Å². The predicted molar refractivity (Wildman–Crippen MR) is 115 cm³/mol. The molecule has 0 fully saturated rings. The van der Waals surface area contributed by atoms with Gasteiger partial charge in [0.1, 0.15) is 29.2 Å². The highest BCUT2D eigenvalue weighted by molar-refractivity contribution is 9.10. The van der Waals surface area contributed by atoms with Crippen molar-refractivity contribution in [1.82, 2.24) is 9.78 Å². The number of anilines is 1. The van der Waals surface area contributed by atoms with Gasteiger partial charge < -0.3 is 25.1 Å². The summed E-state index contributed by atoms with van der Waals surface area (Å²) >= 11 is 3.37. The van der Waals surface area contributed by atoms with Gasteiger partial charge in [-0.15, -0.1) is 0 Å². The van der Waals surface area contributed by atoms with Crippen molar-refractivity contribution in [2.45, 2.75) is 13.5 Å². The van der Waals surface area contributed by atoms with E-state index in [2.05, 4.69) is 21.0 Å². The number of aliphatic hydroxyl groups excluding tert-OH is 1. The van der Waals surface area contributed by atoms with Crippen molar-refractivity contribution in [3.8, 4) is 23.6 Å². The van der Waals surface area contributed by atoms with Gasteiger partial charge in [0.15, 0.2) is 18.1 Å². The van der Waals surface area contributed by atoms with Crippen molar-refractivity contribution in [1.29, 1.82) is 10.5 Å². The number of halogens is 1. The number of hydrogen-bond acceptors (Lipinski definition) is 9. The Balaban J connectivity index is 2.45. The Bertz CT molecular complexity index is 1080. The SMILES string of the molecule is CCOC(=O)COc1c(Br)cc(/C=C(\C#N)c2nn(CCO)c(N)c2C#N)cc1OC. The average molecular weight is 490 g/mol. The summed E-state index contributed by atoms with van der Waals surface area (Å²) in [5.41, 5.74) is 6.69. The highest BCUT2D eigenvalue weighted by atomic mass is 79.9. The van der Waals surface area contributed by atoms with Crippen molar-refractivity contribution in [3.63, 3.8) is 0 Å². The standard InChI is InChI=1S/C20H20BrN5O5/c1-3-30-17(28)11-31-19-15(21)7-12(8-16(19)29-2)6-13(9-22)18-14(10-23)20(24)26(25-18)4-5-27/h6-8,27H,3-5,11,24H2,1-2H3/b13-6+. The molecule has 10 nitrogen and oxygen atoms in total. The number of nitriles is 2. The average Bonchev–Trinajstić information content (AvgIpc) is 3.06. The first kappa shape index (κ1) is 23.7. The lowest BCUT2D eigenvalue weighted by Gasteiger charge is -2.13. The second kappa shape index (κ2) is 11.0. The van der Waals surface area contributed by atoms with Crippen molar-refractivity contribution >= 4 is 39.4 Å². The van der Waals surface area contributed by atoms with Gasteiger partial charge in [-0.2, -0.15) is 15.6 Å². The minimum Gasteiger partial charge on any atom is -0.493 e. The molecular weight excluding hydrogens is 470 g/mol. The minimum atomic E-state index is -0.521. The van der Waals surface area contributed by atoms with E-state index in [1.165, 1.54) is 17.9 Å². The van der Waals surface area contributed by atoms with Gasteiger partial charge in [-0.25, -0.2) is 9.48 Å². The highest BCUT2D eigenvalue weighted by Gasteiger charge is 2.20. The zero-order valence-corrected chi connectivity index (χ0v) is 18.5. The van der Waals surface area contributed by atoms with E-state index in [1.807, 2.05) is 12.1 Å². The molecule has 2 rings (SSSR count). The zero-order valence-electron chi connectivity index (χ0n) is 16.9. The Hall–Kier alpha value is -3.54. The number of nitrogens with two attached hydrogens (primary N) is 1. The minimum absolute atomic E-state index is 0.0432. The van der Waals surface area contributed by atoms with E-state index < -0.39 is 5.97 Å². The van der Waals surface area contributed by atoms with Crippen molar-refractivity contribution in [2.24, 2.45) is 0 Å². The molecule has 1 heterocycles. The van der Waals surface area contributed by atoms with Crippen molar-refractivity contribution in [2.75, 3.05) is 32.7 Å². The number of esters is 1. The highest BCUT2D eigenvalue weighted by Crippen LogP contribution is 2.38. The molecule has 0 unspecified atom stereocenters. The molecule has 0 bridgehead atoms. The van der Waals surface area contributed by atoms with Crippen LogP contribution >= 0.6 is 15.9 Å². The zero-order chi connectivity index (χ0) is 23.0. The molecule has 3 N–H and O–H groups in total. The molecule has 31 heavy (non-hydrogen) atoms. The number of rotatable bonds is 9. The normalized spacial score (nSPS) is 10.8. The van der Waals surface area contributed by atoms with Crippen LogP contribution in [-0.2, 0) is 16.1 Å². The molecule has 2 aromatic rings. The molecule has 0 amide bonds. The molecular formula is C20H20BrN5O5. The second-order valence-corrected chi connectivity index (χ2v) is 6.82. The molecule has 0 spiro atoms. The molecule has 0 radical (unpaired) electrons. The fourth-order valence-corrected chi connectivity index (χ4v) is 3.23. The lowest BCUT2D eigenvalue weighted by Crippen LogP contribution is -2.15. The number of aliphatic hydroxyl groups is 1. The number of carbonyl (C=O) groups is 1. The fraction of sp³-hybridized carbons (Fsp3) is 0.300. The number of nitrogen functional groups attached to an aromatic ring is 1. The fourth-order valence-electron chi connectivity index (χ4n) is 2.66. The van der Waals surface area contributed by atoms with Crippen LogP contribution in [0.2, 0.25) is 0 Å². The Morgan fingerprint density at radius 1 is 1.42 bits per heavy atom. The van der Waals surface area contributed by atoms with Crippen LogP contribution in [0.1, 0.15) is 23.7 Å². The molecule has 1 aromatic carbocycles. The summed E-state index contributed by atoms with van der Waals surface area (Å²) in [5.74, 6) is 0.148. The van der Waals surface area contributed by atoms with Crippen molar-refractivity contribution in [3.05, 3.63) is 33.4 Å². The molecule has 0 aliphatic heterocycles. The van der Waals surface area contributed by atoms with E-state index in [9.17, 15) is 15.3 Å². The Labute approximate surface area is 187 Å². The summed E-state index contributed by atoms with van der Waals surface area (Å²) < 4.78 is 17.4. The van der Waals surface area contributed by atoms with Crippen LogP contribution in [-0.4, -0.2) is 47.8 Å². The number of nitrogens with zero attached hydrogens (tertiary/aromatic N) is 4. The van der Waals surface area contributed by atoms with Gasteiger partial charge in [0, 0.05) is 0 Å². The van der Waals surface area contributed by atoms with Gasteiger partial charge in [0.2, 0.25) is 0 Å². The maximum Gasteiger partial charge on any atom is 0.344 e. The third-order valence-corrected chi connectivity index (χ3v) is 4.58. The van der Waals surface area contributed by atoms with Gasteiger partial charge in [-0.05, 0) is 46.6 Å². The summed E-state index contributed by atoms with van der Waals surface area (Å²) in [4.78, 5) is 11.6. The Morgan fingerprint density at radius 3 is 2.74 bits per heavy atom. The van der Waals surface area contributed by atoms with Crippen LogP contribution in [0.15, 0.2) is 16.6 Å². The van der Waals surface area contributed by atoms with Gasteiger partial charge in [-0.1, -0.05) is 0 Å². The van der Waals surface area contributed by atoms with Crippen LogP contribution in [0.5, 0.6) is 11.5 Å². The summed E-state index contributed by atoms with van der Waals surface area (Å²) in [7, 11) is 1.43. The molecule has 0 aliphatic carbocycles. The van der Waals surface area contributed by atoms with Crippen LogP contribution < -0.4 is 15.2 Å². The molecule has 0 atom stereocenters. The monoisotopic (exact) mass is 489 g/mol. The summed E-state index contributed by atoms with van der Waals surface area (Å²) in [6.07, 6.45) is 1.51. The maximum atomic E-state index is 11.6. The molecule has 0 saturated heterocycles. The van der Waals surface area contributed by atoms with Gasteiger partial charge >= 0.3 is 5.97 Å². The molecule has 162 valence electrons. The Kier molecular flexibility index (Phi) is 8.43. The van der Waals surface area contributed by atoms with E-state index in [1.54, 1.807) is 19.1 Å². The van der Waals surface area contributed by atoms with E-state index in [0.717, 1.165) is 0 Å². The Morgan fingerprint density at radius 2 is 2.16 bits per heavy atom. The second-order valence-electron chi connectivity index (χ2n) is 5.97. The van der Waals surface area contributed by atoms with Crippen LogP contribution in [0.25, 0.3) is 11.6 Å².